The van der Waals surface area contributed by atoms with Crippen molar-refractivity contribution in [3.05, 3.63) is 29.8 Å². The zero-order valence-corrected chi connectivity index (χ0v) is 7.64. The van der Waals surface area contributed by atoms with Gasteiger partial charge in [-0.15, -0.1) is 0 Å². The van der Waals surface area contributed by atoms with Crippen LogP contribution in [0.25, 0.3) is 0 Å². The molecule has 0 aliphatic rings. The molecule has 0 spiro atoms. The van der Waals surface area contributed by atoms with Crippen LogP contribution < -0.4 is 4.74 Å². The van der Waals surface area contributed by atoms with E-state index in [1.807, 2.05) is 0 Å². The Balaban J connectivity index is 2.91. The number of hydrogen-bond donors (Lipinski definition) is 0. The van der Waals surface area contributed by atoms with Crippen LogP contribution in [-0.4, -0.2) is 7.11 Å². The van der Waals surface area contributed by atoms with Gasteiger partial charge in [0.15, 0.2) is 5.08 Å². The molecule has 0 radical (unpaired) electrons. The van der Waals surface area contributed by atoms with E-state index >= 15 is 0 Å². The van der Waals surface area contributed by atoms with Crippen molar-refractivity contribution in [1.82, 2.24) is 0 Å². The summed E-state index contributed by atoms with van der Waals surface area (Å²) in [6, 6.07) is 6.88. The number of rotatable bonds is 2. The van der Waals surface area contributed by atoms with E-state index in [-0.39, 0.29) is 0 Å². The first kappa shape index (κ1) is 8.53. The van der Waals surface area contributed by atoms with Gasteiger partial charge >= 0.3 is 0 Å². The molecule has 1 aromatic rings. The molecule has 0 aliphatic carbocycles. The third kappa shape index (κ3) is 2.19. The second-order valence-electron chi connectivity index (χ2n) is 2.08. The summed E-state index contributed by atoms with van der Waals surface area (Å²) >= 11 is 2.82. The molecule has 1 rings (SSSR count). The summed E-state index contributed by atoms with van der Waals surface area (Å²) in [5.41, 5.74) is 0.573. The summed E-state index contributed by atoms with van der Waals surface area (Å²) in [7, 11) is 1.56. The second kappa shape index (κ2) is 3.72. The van der Waals surface area contributed by atoms with Gasteiger partial charge in [-0.2, -0.15) is 0 Å². The summed E-state index contributed by atoms with van der Waals surface area (Å²) in [5, 5.41) is -1.11. The zero-order valence-electron chi connectivity index (χ0n) is 6.05. The average Bonchev–Trinajstić information content (AvgIpc) is 2.05. The Morgan fingerprint density at radius 1 is 1.55 bits per heavy atom. The standard InChI is InChI=1S/C8H8BrFO/c1-11-7-4-2-3-6(5-7)8(9)10/h2-5,8H,1H3. The Bertz CT molecular complexity index is 237. The molecule has 0 aromatic heterocycles. The van der Waals surface area contributed by atoms with Gasteiger partial charge in [-0.25, -0.2) is 4.39 Å². The van der Waals surface area contributed by atoms with Crippen LogP contribution in [-0.2, 0) is 0 Å². The molecular weight excluding hydrogens is 211 g/mol. The van der Waals surface area contributed by atoms with E-state index in [9.17, 15) is 4.39 Å². The summed E-state index contributed by atoms with van der Waals surface area (Å²) in [4.78, 5) is 0. The van der Waals surface area contributed by atoms with Gasteiger partial charge in [0, 0.05) is 5.56 Å². The van der Waals surface area contributed by atoms with Crippen molar-refractivity contribution in [3.63, 3.8) is 0 Å². The number of alkyl halides is 2. The van der Waals surface area contributed by atoms with Crippen molar-refractivity contribution < 1.29 is 9.13 Å². The van der Waals surface area contributed by atoms with Gasteiger partial charge < -0.3 is 4.74 Å². The lowest BCUT2D eigenvalue weighted by molar-refractivity contribution is 0.411. The molecular formula is C8H8BrFO. The number of methoxy groups -OCH3 is 1. The molecule has 0 bridgehead atoms. The highest BCUT2D eigenvalue weighted by Crippen LogP contribution is 2.26. The van der Waals surface area contributed by atoms with Crippen molar-refractivity contribution in [3.8, 4) is 5.75 Å². The van der Waals surface area contributed by atoms with Crippen molar-refractivity contribution in [2.24, 2.45) is 0 Å². The van der Waals surface area contributed by atoms with Crippen LogP contribution in [0.3, 0.4) is 0 Å². The summed E-state index contributed by atoms with van der Waals surface area (Å²) in [6.07, 6.45) is 0. The van der Waals surface area contributed by atoms with Gasteiger partial charge in [0.2, 0.25) is 0 Å². The summed E-state index contributed by atoms with van der Waals surface area (Å²) < 4.78 is 17.5. The van der Waals surface area contributed by atoms with Gasteiger partial charge in [-0.1, -0.05) is 12.1 Å². The minimum absolute atomic E-state index is 0.573. The maximum absolute atomic E-state index is 12.6. The Kier molecular flexibility index (Phi) is 2.88. The molecule has 0 saturated carbocycles. The highest BCUT2D eigenvalue weighted by molar-refractivity contribution is 9.09. The third-order valence-corrected chi connectivity index (χ3v) is 1.87. The maximum Gasteiger partial charge on any atom is 0.180 e. The van der Waals surface area contributed by atoms with E-state index in [1.165, 1.54) is 0 Å². The fourth-order valence-corrected chi connectivity index (χ4v) is 1.06. The van der Waals surface area contributed by atoms with E-state index in [0.29, 0.717) is 11.3 Å². The molecule has 1 aromatic carbocycles. The van der Waals surface area contributed by atoms with E-state index in [2.05, 4.69) is 15.9 Å². The molecule has 3 heteroatoms. The SMILES string of the molecule is COc1cccc(C(F)Br)c1. The first-order valence-corrected chi connectivity index (χ1v) is 4.07. The predicted octanol–water partition coefficient (Wildman–Crippen LogP) is 3.06. The lowest BCUT2D eigenvalue weighted by atomic mass is 10.2. The van der Waals surface area contributed by atoms with E-state index < -0.39 is 5.08 Å². The molecule has 0 heterocycles. The molecule has 1 atom stereocenters. The fraction of sp³-hybridized carbons (Fsp3) is 0.250. The van der Waals surface area contributed by atoms with E-state index in [4.69, 9.17) is 4.74 Å². The highest BCUT2D eigenvalue weighted by Gasteiger charge is 2.03. The van der Waals surface area contributed by atoms with Crippen LogP contribution in [0.5, 0.6) is 5.75 Å². The monoisotopic (exact) mass is 218 g/mol. The number of halogens is 2. The normalized spacial score (nSPS) is 12.6. The number of hydrogen-bond acceptors (Lipinski definition) is 1. The van der Waals surface area contributed by atoms with Gasteiger partial charge in [0.25, 0.3) is 0 Å². The van der Waals surface area contributed by atoms with E-state index in [1.54, 1.807) is 31.4 Å². The highest BCUT2D eigenvalue weighted by atomic mass is 79.9. The summed E-state index contributed by atoms with van der Waals surface area (Å²) in [5.74, 6) is 0.671. The van der Waals surface area contributed by atoms with Crippen molar-refractivity contribution >= 4 is 15.9 Å². The van der Waals surface area contributed by atoms with Crippen LogP contribution in [0, 0.1) is 0 Å². The second-order valence-corrected chi connectivity index (χ2v) is 2.88. The molecule has 0 saturated heterocycles. The minimum atomic E-state index is -1.11. The first-order chi connectivity index (χ1) is 5.24. The Hall–Kier alpha value is -0.570. The Morgan fingerprint density at radius 2 is 2.27 bits per heavy atom. The molecule has 1 nitrogen and oxygen atoms in total. The smallest absolute Gasteiger partial charge is 0.180 e. The minimum Gasteiger partial charge on any atom is -0.497 e. The maximum atomic E-state index is 12.6. The first-order valence-electron chi connectivity index (χ1n) is 3.16. The van der Waals surface area contributed by atoms with Crippen molar-refractivity contribution in [1.29, 1.82) is 0 Å². The predicted molar refractivity (Wildman–Crippen MR) is 45.8 cm³/mol. The molecule has 11 heavy (non-hydrogen) atoms. The zero-order chi connectivity index (χ0) is 8.27. The topological polar surface area (TPSA) is 9.23 Å². The molecule has 0 N–H and O–H groups in total. The van der Waals surface area contributed by atoms with Gasteiger partial charge in [0.05, 0.1) is 7.11 Å². The Morgan fingerprint density at radius 3 is 2.82 bits per heavy atom. The quantitative estimate of drug-likeness (QED) is 0.694. The van der Waals surface area contributed by atoms with Crippen LogP contribution in [0.2, 0.25) is 0 Å². The van der Waals surface area contributed by atoms with Gasteiger partial charge in [-0.3, -0.25) is 0 Å². The van der Waals surface area contributed by atoms with E-state index in [0.717, 1.165) is 0 Å². The van der Waals surface area contributed by atoms with Crippen LogP contribution in [0.4, 0.5) is 4.39 Å². The third-order valence-electron chi connectivity index (χ3n) is 1.35. The fourth-order valence-electron chi connectivity index (χ4n) is 0.777. The van der Waals surface area contributed by atoms with Crippen molar-refractivity contribution in [2.75, 3.05) is 7.11 Å². The van der Waals surface area contributed by atoms with Crippen molar-refractivity contribution in [2.45, 2.75) is 5.08 Å². The average molecular weight is 219 g/mol. The molecule has 60 valence electrons. The van der Waals surface area contributed by atoms with Crippen LogP contribution >= 0.6 is 15.9 Å². The number of ether oxygens (including phenoxy) is 1. The lowest BCUT2D eigenvalue weighted by Crippen LogP contribution is -1.85. The largest absolute Gasteiger partial charge is 0.497 e. The summed E-state index contributed by atoms with van der Waals surface area (Å²) in [6.45, 7) is 0. The van der Waals surface area contributed by atoms with Gasteiger partial charge in [0.1, 0.15) is 5.75 Å². The van der Waals surface area contributed by atoms with Gasteiger partial charge in [-0.05, 0) is 28.1 Å². The van der Waals surface area contributed by atoms with Crippen LogP contribution in [0.1, 0.15) is 10.6 Å². The molecule has 0 fully saturated rings. The molecule has 1 unspecified atom stereocenters. The number of benzene rings is 1. The Labute approximate surface area is 73.3 Å². The van der Waals surface area contributed by atoms with Crippen LogP contribution in [0.15, 0.2) is 24.3 Å². The lowest BCUT2D eigenvalue weighted by Gasteiger charge is -2.02. The molecule has 0 amide bonds. The molecule has 0 aliphatic heterocycles.